The number of alkyl carbamates (subject to hydrolysis) is 1. The fraction of sp³-hybridized carbons (Fsp3) is 0.500. The Kier molecular flexibility index (Phi) is 10.5. The summed E-state index contributed by atoms with van der Waals surface area (Å²) in [7, 11) is 0. The van der Waals surface area contributed by atoms with Crippen LogP contribution in [0.3, 0.4) is 0 Å². The van der Waals surface area contributed by atoms with Crippen molar-refractivity contribution in [1.82, 2.24) is 16.2 Å². The Labute approximate surface area is 235 Å². The van der Waals surface area contributed by atoms with E-state index in [-0.39, 0.29) is 22.5 Å². The van der Waals surface area contributed by atoms with E-state index in [0.29, 0.717) is 19.4 Å². The number of benzene rings is 1. The number of carbonyl (C=O) groups is 3. The van der Waals surface area contributed by atoms with Gasteiger partial charge in [-0.1, -0.05) is 36.8 Å². The molecule has 0 bridgehead atoms. The van der Waals surface area contributed by atoms with Gasteiger partial charge in [0, 0.05) is 30.0 Å². The van der Waals surface area contributed by atoms with Gasteiger partial charge in [0.25, 0.3) is 5.91 Å². The van der Waals surface area contributed by atoms with Crippen LogP contribution in [0.15, 0.2) is 34.5 Å². The van der Waals surface area contributed by atoms with Gasteiger partial charge in [0.05, 0.1) is 13.2 Å². The molecule has 11 heteroatoms. The number of hydrogen-bond donors (Lipinski definition) is 3. The third-order valence-electron chi connectivity index (χ3n) is 6.31. The second-order valence-corrected chi connectivity index (χ2v) is 14.0. The van der Waals surface area contributed by atoms with Gasteiger partial charge in [-0.2, -0.15) is 0 Å². The Morgan fingerprint density at radius 3 is 2.59 bits per heavy atom. The number of thioether (sulfide) groups is 3. The number of hydrazine groups is 1. The van der Waals surface area contributed by atoms with E-state index < -0.39 is 6.09 Å². The molecule has 0 radical (unpaired) electrons. The summed E-state index contributed by atoms with van der Waals surface area (Å²) >= 11 is 7.32. The quantitative estimate of drug-likeness (QED) is 0.189. The van der Waals surface area contributed by atoms with Crippen LogP contribution < -0.4 is 16.2 Å². The van der Waals surface area contributed by atoms with Crippen molar-refractivity contribution in [2.24, 2.45) is 0 Å². The maximum Gasteiger partial charge on any atom is 0.407 e. The molecule has 1 saturated heterocycles. The molecule has 7 nitrogen and oxygen atoms in total. The van der Waals surface area contributed by atoms with E-state index in [0.717, 1.165) is 54.1 Å². The highest BCUT2D eigenvalue weighted by atomic mass is 32.2. The lowest BCUT2D eigenvalue weighted by Crippen LogP contribution is -2.41. The van der Waals surface area contributed by atoms with Crippen LogP contribution in [0.5, 0.6) is 0 Å². The van der Waals surface area contributed by atoms with Gasteiger partial charge < -0.3 is 10.1 Å². The van der Waals surface area contributed by atoms with E-state index in [1.165, 1.54) is 15.3 Å². The smallest absolute Gasteiger partial charge is 0.407 e. The van der Waals surface area contributed by atoms with E-state index in [9.17, 15) is 14.4 Å². The number of amides is 3. The van der Waals surface area contributed by atoms with Crippen molar-refractivity contribution >= 4 is 64.5 Å². The monoisotopic (exact) mass is 579 g/mol. The largest absolute Gasteiger partial charge is 0.445 e. The van der Waals surface area contributed by atoms with Crippen LogP contribution in [0.4, 0.5) is 4.79 Å². The van der Waals surface area contributed by atoms with Gasteiger partial charge in [0.2, 0.25) is 5.91 Å². The minimum absolute atomic E-state index is 0.0949. The highest BCUT2D eigenvalue weighted by Crippen LogP contribution is 2.61. The second-order valence-electron chi connectivity index (χ2n) is 8.88. The van der Waals surface area contributed by atoms with Crippen molar-refractivity contribution in [3.63, 3.8) is 0 Å². The van der Waals surface area contributed by atoms with Gasteiger partial charge in [-0.3, -0.25) is 20.4 Å². The lowest BCUT2D eigenvalue weighted by atomic mass is 9.92. The average molecular weight is 580 g/mol. The van der Waals surface area contributed by atoms with Crippen LogP contribution in [0, 0.1) is 0 Å². The van der Waals surface area contributed by atoms with Crippen molar-refractivity contribution < 1.29 is 19.1 Å². The minimum atomic E-state index is -0.444. The molecule has 3 N–H and O–H groups in total. The first-order valence-electron chi connectivity index (χ1n) is 12.5. The summed E-state index contributed by atoms with van der Waals surface area (Å²) in [6, 6.07) is 9.52. The molecule has 1 aromatic heterocycles. The zero-order valence-corrected chi connectivity index (χ0v) is 24.2. The molecule has 0 saturated carbocycles. The number of rotatable bonds is 10. The summed E-state index contributed by atoms with van der Waals surface area (Å²) in [6.07, 6.45) is 7.31. The standard InChI is InChI=1S/C26H33N3O4S4/c1-34-24-21-19(11-8-13-26(21)35-15-16-36-26)22(37-24)23(31)29-28-20(30)12-6-3-7-14-27-25(32)33-17-18-9-4-2-5-10-18/h2,4-5,9-10H,3,6-8,11-17H2,1H3,(H,27,32)(H,28,30)(H,29,31). The van der Waals surface area contributed by atoms with Crippen molar-refractivity contribution in [3.8, 4) is 0 Å². The van der Waals surface area contributed by atoms with Crippen LogP contribution in [0.25, 0.3) is 0 Å². The van der Waals surface area contributed by atoms with Crippen molar-refractivity contribution in [3.05, 3.63) is 51.9 Å². The number of hydrogen-bond acceptors (Lipinski definition) is 8. The highest BCUT2D eigenvalue weighted by molar-refractivity contribution is 8.20. The molecule has 37 heavy (non-hydrogen) atoms. The zero-order chi connectivity index (χ0) is 26.1. The SMILES string of the molecule is CSc1sc(C(=O)NNC(=O)CCCCCNC(=O)OCc2ccccc2)c2c1C1(CCC2)SCCS1. The average Bonchev–Trinajstić information content (AvgIpc) is 3.54. The van der Waals surface area contributed by atoms with Gasteiger partial charge in [0.1, 0.15) is 6.61 Å². The van der Waals surface area contributed by atoms with E-state index in [1.54, 1.807) is 23.1 Å². The summed E-state index contributed by atoms with van der Waals surface area (Å²) in [5, 5.41) is 2.73. The van der Waals surface area contributed by atoms with Gasteiger partial charge in [-0.05, 0) is 49.5 Å². The molecule has 4 rings (SSSR count). The fourth-order valence-electron chi connectivity index (χ4n) is 4.56. The van der Waals surface area contributed by atoms with Crippen LogP contribution in [0.2, 0.25) is 0 Å². The first-order valence-corrected chi connectivity index (χ1v) is 16.6. The number of ether oxygens (including phenoxy) is 1. The molecule has 1 aromatic carbocycles. The Balaban J connectivity index is 1.14. The highest BCUT2D eigenvalue weighted by Gasteiger charge is 2.45. The normalized spacial score (nSPS) is 15.7. The topological polar surface area (TPSA) is 96.5 Å². The Bertz CT molecular complexity index is 1090. The predicted molar refractivity (Wildman–Crippen MR) is 154 cm³/mol. The van der Waals surface area contributed by atoms with Gasteiger partial charge in [-0.25, -0.2) is 4.79 Å². The molecule has 2 aromatic rings. The summed E-state index contributed by atoms with van der Waals surface area (Å²) in [5.41, 5.74) is 8.68. The Hall–Kier alpha value is -1.82. The molecular formula is C26H33N3O4S4. The van der Waals surface area contributed by atoms with E-state index in [1.807, 2.05) is 53.9 Å². The Morgan fingerprint density at radius 1 is 1.05 bits per heavy atom. The van der Waals surface area contributed by atoms with Crippen molar-refractivity contribution in [1.29, 1.82) is 0 Å². The lowest BCUT2D eigenvalue weighted by molar-refractivity contribution is -0.122. The first kappa shape index (κ1) is 28.2. The molecule has 1 fully saturated rings. The molecule has 0 unspecified atom stereocenters. The Morgan fingerprint density at radius 2 is 1.84 bits per heavy atom. The van der Waals surface area contributed by atoms with Crippen LogP contribution in [-0.2, 0) is 26.6 Å². The summed E-state index contributed by atoms with van der Waals surface area (Å²) in [6.45, 7) is 0.732. The first-order chi connectivity index (χ1) is 18.0. The molecule has 2 aliphatic rings. The van der Waals surface area contributed by atoms with E-state index in [4.69, 9.17) is 4.74 Å². The second kappa shape index (κ2) is 13.8. The molecule has 2 heterocycles. The van der Waals surface area contributed by atoms with Gasteiger partial charge in [0.15, 0.2) is 0 Å². The number of unbranched alkanes of at least 4 members (excludes halogenated alkanes) is 2. The van der Waals surface area contributed by atoms with E-state index >= 15 is 0 Å². The van der Waals surface area contributed by atoms with E-state index in [2.05, 4.69) is 22.4 Å². The van der Waals surface area contributed by atoms with Crippen LogP contribution >= 0.6 is 46.6 Å². The zero-order valence-electron chi connectivity index (χ0n) is 20.9. The number of fused-ring (bicyclic) bond motifs is 2. The minimum Gasteiger partial charge on any atom is -0.445 e. The maximum absolute atomic E-state index is 13.0. The number of carbonyl (C=O) groups excluding carboxylic acids is 3. The summed E-state index contributed by atoms with van der Waals surface area (Å²) in [4.78, 5) is 37.8. The molecule has 1 aliphatic heterocycles. The third-order valence-corrected chi connectivity index (χ3v) is 12.2. The molecular weight excluding hydrogens is 547 g/mol. The molecule has 0 atom stereocenters. The summed E-state index contributed by atoms with van der Waals surface area (Å²) < 4.78 is 6.50. The van der Waals surface area contributed by atoms with Crippen molar-refractivity contribution in [2.45, 2.75) is 59.8 Å². The predicted octanol–water partition coefficient (Wildman–Crippen LogP) is 5.69. The molecule has 3 amide bonds. The molecule has 1 spiro atoms. The third kappa shape index (κ3) is 7.40. The number of thiophene rings is 1. The van der Waals surface area contributed by atoms with Crippen LogP contribution in [-0.4, -0.2) is 42.2 Å². The number of nitrogens with one attached hydrogen (secondary N) is 3. The molecule has 200 valence electrons. The molecule has 1 aliphatic carbocycles. The lowest BCUT2D eigenvalue weighted by Gasteiger charge is -2.33. The summed E-state index contributed by atoms with van der Waals surface area (Å²) in [5.74, 6) is 1.87. The van der Waals surface area contributed by atoms with Crippen molar-refractivity contribution in [2.75, 3.05) is 24.3 Å². The fourth-order valence-corrected chi connectivity index (χ4v) is 10.4. The maximum atomic E-state index is 13.0. The van der Waals surface area contributed by atoms with Gasteiger partial charge >= 0.3 is 6.09 Å². The van der Waals surface area contributed by atoms with Gasteiger partial charge in [-0.15, -0.1) is 46.6 Å². The van der Waals surface area contributed by atoms with Crippen LogP contribution in [0.1, 0.15) is 64.9 Å².